The van der Waals surface area contributed by atoms with Gasteiger partial charge in [-0.1, -0.05) is 6.07 Å². The highest BCUT2D eigenvalue weighted by molar-refractivity contribution is 5.94. The van der Waals surface area contributed by atoms with Crippen molar-refractivity contribution in [2.75, 3.05) is 13.1 Å². The molecule has 1 fully saturated rings. The topological polar surface area (TPSA) is 32.3 Å². The van der Waals surface area contributed by atoms with E-state index in [2.05, 4.69) is 5.32 Å². The van der Waals surface area contributed by atoms with Crippen LogP contribution in [0.4, 0.5) is 8.78 Å². The molecule has 1 heterocycles. The van der Waals surface area contributed by atoms with Gasteiger partial charge in [0.1, 0.15) is 0 Å². The van der Waals surface area contributed by atoms with Crippen molar-refractivity contribution in [2.24, 2.45) is 0 Å². The molecule has 0 radical (unpaired) electrons. The molecule has 0 saturated carbocycles. The Kier molecular flexibility index (Phi) is 3.61. The molecule has 0 aliphatic carbocycles. The molecular formula is C13H16F2N2O. The second-order valence-electron chi connectivity index (χ2n) is 4.78. The summed E-state index contributed by atoms with van der Waals surface area (Å²) >= 11 is 0. The number of hydrogen-bond donors (Lipinski definition) is 1. The number of nitrogens with one attached hydrogen (secondary N) is 1. The average Bonchev–Trinajstić information content (AvgIpc) is 2.30. The predicted molar refractivity (Wildman–Crippen MR) is 64.3 cm³/mol. The van der Waals surface area contributed by atoms with E-state index < -0.39 is 17.5 Å². The minimum atomic E-state index is -1.07. The summed E-state index contributed by atoms with van der Waals surface area (Å²) in [6, 6.07) is 3.97. The van der Waals surface area contributed by atoms with Gasteiger partial charge in [0.2, 0.25) is 0 Å². The predicted octanol–water partition coefficient (Wildman–Crippen LogP) is 1.79. The van der Waals surface area contributed by atoms with Crippen LogP contribution in [0.5, 0.6) is 0 Å². The third kappa shape index (κ3) is 2.51. The molecule has 98 valence electrons. The zero-order chi connectivity index (χ0) is 13.3. The van der Waals surface area contributed by atoms with Gasteiger partial charge in [-0.2, -0.15) is 0 Å². The van der Waals surface area contributed by atoms with Crippen molar-refractivity contribution in [1.29, 1.82) is 0 Å². The lowest BCUT2D eigenvalue weighted by Crippen LogP contribution is -2.55. The molecule has 18 heavy (non-hydrogen) atoms. The molecule has 1 aromatic carbocycles. The molecule has 0 bridgehead atoms. The van der Waals surface area contributed by atoms with Crippen LogP contribution in [0.1, 0.15) is 24.2 Å². The highest BCUT2D eigenvalue weighted by atomic mass is 19.2. The second-order valence-corrected chi connectivity index (χ2v) is 4.78. The van der Waals surface area contributed by atoms with Crippen LogP contribution >= 0.6 is 0 Å². The van der Waals surface area contributed by atoms with Crippen LogP contribution in [-0.4, -0.2) is 36.0 Å². The summed E-state index contributed by atoms with van der Waals surface area (Å²) in [5, 5.41) is 3.28. The molecule has 1 N–H and O–H groups in total. The first-order valence-corrected chi connectivity index (χ1v) is 5.98. The van der Waals surface area contributed by atoms with Crippen LogP contribution in [0.3, 0.4) is 0 Å². The van der Waals surface area contributed by atoms with Gasteiger partial charge >= 0.3 is 0 Å². The Bertz CT molecular complexity index is 454. The van der Waals surface area contributed by atoms with Crippen LogP contribution in [-0.2, 0) is 0 Å². The monoisotopic (exact) mass is 254 g/mol. The second kappa shape index (κ2) is 5.02. The van der Waals surface area contributed by atoms with Crippen LogP contribution in [0.25, 0.3) is 0 Å². The van der Waals surface area contributed by atoms with Crippen molar-refractivity contribution in [3.63, 3.8) is 0 Å². The summed E-state index contributed by atoms with van der Waals surface area (Å²) in [7, 11) is 0. The first kappa shape index (κ1) is 13.0. The smallest absolute Gasteiger partial charge is 0.257 e. The minimum Gasteiger partial charge on any atom is -0.335 e. The lowest BCUT2D eigenvalue weighted by atomic mass is 10.1. The minimum absolute atomic E-state index is 0.148. The van der Waals surface area contributed by atoms with Crippen molar-refractivity contribution in [3.8, 4) is 0 Å². The Balaban J connectivity index is 2.23. The molecule has 2 atom stereocenters. The van der Waals surface area contributed by atoms with E-state index in [1.807, 2.05) is 13.8 Å². The fourth-order valence-corrected chi connectivity index (χ4v) is 2.33. The molecule has 5 heteroatoms. The van der Waals surface area contributed by atoms with E-state index in [4.69, 9.17) is 0 Å². The zero-order valence-electron chi connectivity index (χ0n) is 10.4. The number of hydrogen-bond acceptors (Lipinski definition) is 2. The summed E-state index contributed by atoms with van der Waals surface area (Å²) in [4.78, 5) is 13.7. The van der Waals surface area contributed by atoms with Gasteiger partial charge in [-0.15, -0.1) is 0 Å². The molecule has 1 aliphatic rings. The van der Waals surface area contributed by atoms with Crippen molar-refractivity contribution >= 4 is 5.91 Å². The van der Waals surface area contributed by atoms with Gasteiger partial charge in [0.05, 0.1) is 5.56 Å². The standard InChI is InChI=1S/C13H16F2N2O/c1-8-6-17(7-9(2)16-8)13(18)10-4-3-5-11(14)12(10)15/h3-5,8-9,16H,6-7H2,1-2H3. The summed E-state index contributed by atoms with van der Waals surface area (Å²) < 4.78 is 26.7. The molecular weight excluding hydrogens is 238 g/mol. The van der Waals surface area contributed by atoms with Crippen molar-refractivity contribution in [3.05, 3.63) is 35.4 Å². The van der Waals surface area contributed by atoms with Gasteiger partial charge in [0, 0.05) is 25.2 Å². The van der Waals surface area contributed by atoms with Gasteiger partial charge in [-0.25, -0.2) is 8.78 Å². The van der Waals surface area contributed by atoms with Crippen molar-refractivity contribution in [1.82, 2.24) is 10.2 Å². The van der Waals surface area contributed by atoms with Gasteiger partial charge in [-0.3, -0.25) is 4.79 Å². The first-order valence-electron chi connectivity index (χ1n) is 5.98. The van der Waals surface area contributed by atoms with Gasteiger partial charge in [-0.05, 0) is 26.0 Å². The molecule has 3 nitrogen and oxygen atoms in total. The largest absolute Gasteiger partial charge is 0.335 e. The number of nitrogens with zero attached hydrogens (tertiary/aromatic N) is 1. The first-order chi connectivity index (χ1) is 8.49. The van der Waals surface area contributed by atoms with Crippen LogP contribution in [0.15, 0.2) is 18.2 Å². The zero-order valence-corrected chi connectivity index (χ0v) is 10.4. The maximum atomic E-state index is 13.6. The number of benzene rings is 1. The average molecular weight is 254 g/mol. The Morgan fingerprint density at radius 1 is 1.28 bits per heavy atom. The molecule has 2 rings (SSSR count). The van der Waals surface area contributed by atoms with Gasteiger partial charge in [0.15, 0.2) is 11.6 Å². The van der Waals surface area contributed by atoms with Crippen molar-refractivity contribution < 1.29 is 13.6 Å². The number of carbonyl (C=O) groups excluding carboxylic acids is 1. The molecule has 0 aromatic heterocycles. The third-order valence-electron chi connectivity index (χ3n) is 3.03. The van der Waals surface area contributed by atoms with E-state index in [1.54, 1.807) is 4.90 Å². The number of halogens is 2. The number of carbonyl (C=O) groups is 1. The number of amides is 1. The van der Waals surface area contributed by atoms with Crippen molar-refractivity contribution in [2.45, 2.75) is 25.9 Å². The van der Waals surface area contributed by atoms with E-state index in [9.17, 15) is 13.6 Å². The highest BCUT2D eigenvalue weighted by Gasteiger charge is 2.27. The molecule has 1 amide bonds. The van der Waals surface area contributed by atoms with Crippen LogP contribution < -0.4 is 5.32 Å². The van der Waals surface area contributed by atoms with E-state index in [1.165, 1.54) is 12.1 Å². The summed E-state index contributed by atoms with van der Waals surface area (Å²) in [5.41, 5.74) is -0.198. The number of rotatable bonds is 1. The lowest BCUT2D eigenvalue weighted by Gasteiger charge is -2.36. The molecule has 1 aliphatic heterocycles. The summed E-state index contributed by atoms with van der Waals surface area (Å²) in [6.45, 7) is 4.91. The molecule has 0 spiro atoms. The lowest BCUT2D eigenvalue weighted by molar-refractivity contribution is 0.0668. The summed E-state index contributed by atoms with van der Waals surface area (Å²) in [5.74, 6) is -2.51. The normalized spacial score (nSPS) is 24.1. The fraction of sp³-hybridized carbons (Fsp3) is 0.462. The fourth-order valence-electron chi connectivity index (χ4n) is 2.33. The number of piperazine rings is 1. The Morgan fingerprint density at radius 3 is 2.50 bits per heavy atom. The maximum Gasteiger partial charge on any atom is 0.257 e. The van der Waals surface area contributed by atoms with Crippen LogP contribution in [0, 0.1) is 11.6 Å². The SMILES string of the molecule is CC1CN(C(=O)c2cccc(F)c2F)CC(C)N1. The Morgan fingerprint density at radius 2 is 1.89 bits per heavy atom. The third-order valence-corrected chi connectivity index (χ3v) is 3.03. The van der Waals surface area contributed by atoms with Crippen LogP contribution in [0.2, 0.25) is 0 Å². The summed E-state index contributed by atoms with van der Waals surface area (Å²) in [6.07, 6.45) is 0. The van der Waals surface area contributed by atoms with Gasteiger partial charge < -0.3 is 10.2 Å². The quantitative estimate of drug-likeness (QED) is 0.828. The molecule has 2 unspecified atom stereocenters. The Labute approximate surface area is 105 Å². The molecule has 1 saturated heterocycles. The van der Waals surface area contributed by atoms with E-state index >= 15 is 0 Å². The maximum absolute atomic E-state index is 13.6. The van der Waals surface area contributed by atoms with E-state index in [-0.39, 0.29) is 17.6 Å². The van der Waals surface area contributed by atoms with E-state index in [0.717, 1.165) is 6.07 Å². The Hall–Kier alpha value is -1.49. The van der Waals surface area contributed by atoms with Gasteiger partial charge in [0.25, 0.3) is 5.91 Å². The van der Waals surface area contributed by atoms with E-state index in [0.29, 0.717) is 13.1 Å². The molecule has 1 aromatic rings. The highest BCUT2D eigenvalue weighted by Crippen LogP contribution is 2.15.